The van der Waals surface area contributed by atoms with Crippen LogP contribution in [-0.4, -0.2) is 25.4 Å². The van der Waals surface area contributed by atoms with Crippen LogP contribution in [0.15, 0.2) is 18.2 Å². The van der Waals surface area contributed by atoms with Gasteiger partial charge in [-0.1, -0.05) is 6.07 Å². The summed E-state index contributed by atoms with van der Waals surface area (Å²) < 4.78 is 39.8. The Bertz CT molecular complexity index is 432. The minimum atomic E-state index is -4.96. The van der Waals surface area contributed by atoms with Crippen LogP contribution in [0, 0.1) is 10.1 Å². The number of hydrogen-bond acceptors (Lipinski definition) is 4. The largest absolute Gasteiger partial charge is 0.573 e. The highest BCUT2D eigenvalue weighted by Crippen LogP contribution is 2.38. The lowest BCUT2D eigenvalue weighted by atomic mass is 10.2. The van der Waals surface area contributed by atoms with E-state index < -0.39 is 22.7 Å². The summed E-state index contributed by atoms with van der Waals surface area (Å²) in [6.45, 7) is 0. The first-order chi connectivity index (χ1) is 7.72. The first kappa shape index (κ1) is 13.1. The summed E-state index contributed by atoms with van der Waals surface area (Å²) in [6, 6.07) is 3.49. The van der Waals surface area contributed by atoms with Crippen molar-refractivity contribution in [2.75, 3.05) is 19.0 Å². The molecule has 0 aliphatic carbocycles. The van der Waals surface area contributed by atoms with Crippen molar-refractivity contribution in [1.82, 2.24) is 0 Å². The summed E-state index contributed by atoms with van der Waals surface area (Å²) in [4.78, 5) is 11.2. The summed E-state index contributed by atoms with van der Waals surface area (Å²) >= 11 is 0. The van der Waals surface area contributed by atoms with Gasteiger partial charge in [-0.15, -0.1) is 13.2 Å². The summed E-state index contributed by atoms with van der Waals surface area (Å²) in [5.74, 6) is -0.825. The molecule has 0 atom stereocenters. The molecule has 0 aliphatic heterocycles. The number of nitro benzene ring substituents is 1. The monoisotopic (exact) mass is 250 g/mol. The van der Waals surface area contributed by atoms with Crippen LogP contribution in [0.3, 0.4) is 0 Å². The van der Waals surface area contributed by atoms with Crippen molar-refractivity contribution < 1.29 is 22.8 Å². The van der Waals surface area contributed by atoms with E-state index in [9.17, 15) is 23.3 Å². The molecule has 0 spiro atoms. The number of nitrogens with zero attached hydrogens (tertiary/aromatic N) is 2. The third-order valence-corrected chi connectivity index (χ3v) is 1.87. The standard InChI is InChI=1S/C9H9F3N2O3/c1-13(2)6-4-3-5-7(8(6)14(15)16)17-9(10,11)12/h3-5H,1-2H3. The SMILES string of the molecule is CN(C)c1cccc(OC(F)(F)F)c1[N+](=O)[O-]. The molecule has 8 heteroatoms. The molecule has 1 aromatic carbocycles. The van der Waals surface area contributed by atoms with E-state index in [2.05, 4.69) is 4.74 Å². The molecule has 0 heterocycles. The molecule has 0 bridgehead atoms. The predicted molar refractivity (Wildman–Crippen MR) is 54.1 cm³/mol. The number of nitro groups is 1. The van der Waals surface area contributed by atoms with Crippen LogP contribution < -0.4 is 9.64 Å². The highest BCUT2D eigenvalue weighted by Gasteiger charge is 2.35. The lowest BCUT2D eigenvalue weighted by molar-refractivity contribution is -0.387. The lowest BCUT2D eigenvalue weighted by Crippen LogP contribution is -2.19. The summed E-state index contributed by atoms with van der Waals surface area (Å²) in [5, 5.41) is 10.8. The molecule has 94 valence electrons. The highest BCUT2D eigenvalue weighted by molar-refractivity contribution is 5.69. The van der Waals surface area contributed by atoms with Crippen molar-refractivity contribution in [2.24, 2.45) is 0 Å². The summed E-state index contributed by atoms with van der Waals surface area (Å²) in [6.07, 6.45) is -4.96. The Morgan fingerprint density at radius 1 is 1.35 bits per heavy atom. The zero-order valence-electron chi connectivity index (χ0n) is 8.99. The van der Waals surface area contributed by atoms with Crippen LogP contribution in [-0.2, 0) is 0 Å². The molecule has 0 aliphatic rings. The Hall–Kier alpha value is -1.99. The maximum absolute atomic E-state index is 12.1. The van der Waals surface area contributed by atoms with Gasteiger partial charge in [-0.3, -0.25) is 10.1 Å². The topological polar surface area (TPSA) is 55.6 Å². The van der Waals surface area contributed by atoms with Gasteiger partial charge in [-0.25, -0.2) is 0 Å². The fourth-order valence-corrected chi connectivity index (χ4v) is 1.26. The fraction of sp³-hybridized carbons (Fsp3) is 0.333. The van der Waals surface area contributed by atoms with Gasteiger partial charge in [0.05, 0.1) is 4.92 Å². The van der Waals surface area contributed by atoms with Crippen molar-refractivity contribution in [2.45, 2.75) is 6.36 Å². The van der Waals surface area contributed by atoms with Crippen LogP contribution in [0.25, 0.3) is 0 Å². The number of benzene rings is 1. The minimum absolute atomic E-state index is 0.0387. The maximum atomic E-state index is 12.1. The third-order valence-electron chi connectivity index (χ3n) is 1.87. The van der Waals surface area contributed by atoms with Crippen LogP contribution in [0.4, 0.5) is 24.5 Å². The zero-order valence-corrected chi connectivity index (χ0v) is 8.99. The predicted octanol–water partition coefficient (Wildman–Crippen LogP) is 2.56. The van der Waals surface area contributed by atoms with Crippen molar-refractivity contribution in [3.05, 3.63) is 28.3 Å². The normalized spacial score (nSPS) is 11.1. The van der Waals surface area contributed by atoms with Crippen molar-refractivity contribution in [1.29, 1.82) is 0 Å². The smallest absolute Gasteiger partial charge is 0.398 e. The Kier molecular flexibility index (Phi) is 3.45. The molecule has 0 saturated carbocycles. The first-order valence-electron chi connectivity index (χ1n) is 4.43. The molecule has 0 aromatic heterocycles. The Morgan fingerprint density at radius 2 is 1.94 bits per heavy atom. The van der Waals surface area contributed by atoms with E-state index >= 15 is 0 Å². The van der Waals surface area contributed by atoms with Gasteiger partial charge in [0.1, 0.15) is 5.69 Å². The molecule has 0 radical (unpaired) electrons. The van der Waals surface area contributed by atoms with Gasteiger partial charge in [0.2, 0.25) is 5.75 Å². The van der Waals surface area contributed by atoms with Crippen molar-refractivity contribution >= 4 is 11.4 Å². The number of halogens is 3. The lowest BCUT2D eigenvalue weighted by Gasteiger charge is -2.15. The molecule has 0 N–H and O–H groups in total. The molecule has 0 amide bonds. The van der Waals surface area contributed by atoms with Crippen molar-refractivity contribution in [3.63, 3.8) is 0 Å². The van der Waals surface area contributed by atoms with Gasteiger partial charge in [-0.05, 0) is 12.1 Å². The van der Waals surface area contributed by atoms with Crippen LogP contribution in [0.1, 0.15) is 0 Å². The number of para-hydroxylation sites is 1. The fourth-order valence-electron chi connectivity index (χ4n) is 1.26. The number of alkyl halides is 3. The van der Waals surface area contributed by atoms with Gasteiger partial charge in [-0.2, -0.15) is 0 Å². The molecule has 1 aromatic rings. The molecular weight excluding hydrogens is 241 g/mol. The molecule has 0 fully saturated rings. The van der Waals surface area contributed by atoms with Crippen LogP contribution >= 0.6 is 0 Å². The van der Waals surface area contributed by atoms with Gasteiger partial charge in [0.15, 0.2) is 0 Å². The number of hydrogen-bond donors (Lipinski definition) is 0. The third kappa shape index (κ3) is 3.23. The second-order valence-corrected chi connectivity index (χ2v) is 3.32. The van der Waals surface area contributed by atoms with Gasteiger partial charge in [0.25, 0.3) is 0 Å². The average Bonchev–Trinajstić information content (AvgIpc) is 2.14. The van der Waals surface area contributed by atoms with Gasteiger partial charge < -0.3 is 9.64 Å². The summed E-state index contributed by atoms with van der Waals surface area (Å²) in [5.41, 5.74) is -0.674. The van der Waals surface area contributed by atoms with E-state index in [4.69, 9.17) is 0 Å². The number of rotatable bonds is 3. The van der Waals surface area contributed by atoms with Crippen LogP contribution in [0.2, 0.25) is 0 Å². The molecule has 1 rings (SSSR count). The second-order valence-electron chi connectivity index (χ2n) is 3.32. The quantitative estimate of drug-likeness (QED) is 0.611. The number of ether oxygens (including phenoxy) is 1. The second kappa shape index (κ2) is 4.48. The molecular formula is C9H9F3N2O3. The highest BCUT2D eigenvalue weighted by atomic mass is 19.4. The van der Waals surface area contributed by atoms with Gasteiger partial charge in [0, 0.05) is 14.1 Å². The zero-order chi connectivity index (χ0) is 13.2. The van der Waals surface area contributed by atoms with Crippen LogP contribution in [0.5, 0.6) is 5.75 Å². The van der Waals surface area contributed by atoms with E-state index in [1.54, 1.807) is 0 Å². The Balaban J connectivity index is 3.30. The van der Waals surface area contributed by atoms with E-state index in [1.165, 1.54) is 31.1 Å². The minimum Gasteiger partial charge on any atom is -0.398 e. The average molecular weight is 250 g/mol. The first-order valence-corrected chi connectivity index (χ1v) is 4.43. The summed E-state index contributed by atoms with van der Waals surface area (Å²) in [7, 11) is 2.97. The molecule has 0 unspecified atom stereocenters. The van der Waals surface area contributed by atoms with Crippen molar-refractivity contribution in [3.8, 4) is 5.75 Å². The van der Waals surface area contributed by atoms with E-state index in [1.807, 2.05) is 0 Å². The van der Waals surface area contributed by atoms with E-state index in [0.717, 1.165) is 6.07 Å². The number of anilines is 1. The molecule has 5 nitrogen and oxygen atoms in total. The van der Waals surface area contributed by atoms with E-state index in [0.29, 0.717) is 0 Å². The van der Waals surface area contributed by atoms with Gasteiger partial charge >= 0.3 is 12.0 Å². The van der Waals surface area contributed by atoms with E-state index in [-0.39, 0.29) is 5.69 Å². The molecule has 0 saturated heterocycles. The Labute approximate surface area is 94.5 Å². The molecule has 17 heavy (non-hydrogen) atoms. The Morgan fingerprint density at radius 3 is 2.35 bits per heavy atom. The maximum Gasteiger partial charge on any atom is 0.573 e.